The Morgan fingerprint density at radius 2 is 1.93 bits per heavy atom. The highest BCUT2D eigenvalue weighted by atomic mass is 14.5. The highest BCUT2D eigenvalue weighted by Gasteiger charge is 2.03. The van der Waals surface area contributed by atoms with Crippen molar-refractivity contribution in [3.05, 3.63) is 48.1 Å². The van der Waals surface area contributed by atoms with Gasteiger partial charge in [0.25, 0.3) is 0 Å². The maximum atomic E-state index is 5.73. The van der Waals surface area contributed by atoms with Gasteiger partial charge in [-0.15, -0.1) is 0 Å². The number of rotatable bonds is 3. The van der Waals surface area contributed by atoms with Crippen LogP contribution in [0, 0.1) is 0 Å². The van der Waals surface area contributed by atoms with Crippen molar-refractivity contribution in [3.63, 3.8) is 0 Å². The zero-order chi connectivity index (χ0) is 10.7. The highest BCUT2D eigenvalue weighted by Crippen LogP contribution is 2.22. The van der Waals surface area contributed by atoms with Crippen LogP contribution in [-0.2, 0) is 6.42 Å². The van der Waals surface area contributed by atoms with E-state index in [2.05, 4.69) is 13.2 Å². The maximum Gasteiger partial charge on any atom is 0.0320 e. The summed E-state index contributed by atoms with van der Waals surface area (Å²) in [4.78, 5) is 0. The van der Waals surface area contributed by atoms with E-state index in [-0.39, 0.29) is 0 Å². The van der Waals surface area contributed by atoms with Gasteiger partial charge in [0.05, 0.1) is 0 Å². The third-order valence-electron chi connectivity index (χ3n) is 2.09. The van der Waals surface area contributed by atoms with Crippen LogP contribution in [0.25, 0.3) is 5.57 Å². The van der Waals surface area contributed by atoms with Gasteiger partial charge in [0.15, 0.2) is 0 Å². The highest BCUT2D eigenvalue weighted by molar-refractivity contribution is 5.68. The summed E-state index contributed by atoms with van der Waals surface area (Å²) in [6.07, 6.45) is 0.891. The predicted molar refractivity (Wildman–Crippen MR) is 64.1 cm³/mol. The molecule has 2 N–H and O–H groups in total. The van der Waals surface area contributed by atoms with E-state index in [1.54, 1.807) is 0 Å². The molecule has 14 heavy (non-hydrogen) atoms. The lowest BCUT2D eigenvalue weighted by Gasteiger charge is -2.10. The van der Waals surface area contributed by atoms with Crippen molar-refractivity contribution in [3.8, 4) is 0 Å². The monoisotopic (exact) mass is 187 g/mol. The van der Waals surface area contributed by atoms with Gasteiger partial charge in [-0.3, -0.25) is 0 Å². The van der Waals surface area contributed by atoms with Crippen molar-refractivity contribution < 1.29 is 0 Å². The Morgan fingerprint density at radius 3 is 2.43 bits per heavy atom. The zero-order valence-corrected chi connectivity index (χ0v) is 8.93. The van der Waals surface area contributed by atoms with E-state index in [0.29, 0.717) is 0 Å². The van der Waals surface area contributed by atoms with Crippen LogP contribution in [0.3, 0.4) is 0 Å². The molecule has 0 spiro atoms. The van der Waals surface area contributed by atoms with Crippen molar-refractivity contribution in [2.45, 2.75) is 20.3 Å². The van der Waals surface area contributed by atoms with Gasteiger partial charge in [-0.2, -0.15) is 0 Å². The fourth-order valence-electron chi connectivity index (χ4n) is 1.47. The first-order valence-corrected chi connectivity index (χ1v) is 4.69. The molecule has 0 unspecified atom stereocenters. The molecule has 0 heterocycles. The molecule has 0 amide bonds. The van der Waals surface area contributed by atoms with Crippen molar-refractivity contribution in [2.75, 3.05) is 5.73 Å². The molecule has 1 rings (SSSR count). The summed E-state index contributed by atoms with van der Waals surface area (Å²) in [5, 5.41) is 0. The molecule has 0 saturated heterocycles. The molecular weight excluding hydrogens is 170 g/mol. The van der Waals surface area contributed by atoms with E-state index in [1.807, 2.05) is 32.0 Å². The summed E-state index contributed by atoms with van der Waals surface area (Å²) in [6, 6.07) is 5.94. The van der Waals surface area contributed by atoms with Gasteiger partial charge in [0.1, 0.15) is 0 Å². The minimum absolute atomic E-state index is 0.786. The zero-order valence-electron chi connectivity index (χ0n) is 8.93. The van der Waals surface area contributed by atoms with Gasteiger partial charge in [-0.25, -0.2) is 0 Å². The molecule has 0 aliphatic carbocycles. The molecule has 74 valence electrons. The van der Waals surface area contributed by atoms with Crippen LogP contribution < -0.4 is 5.73 Å². The van der Waals surface area contributed by atoms with E-state index in [1.165, 1.54) is 5.56 Å². The summed E-state index contributed by atoms with van der Waals surface area (Å²) in [7, 11) is 0. The standard InChI is InChI=1S/C13H17N/c1-9(2)7-11-5-6-12(14)8-13(11)10(3)4/h5-6,8H,1,3,7,14H2,2,4H3. The number of hydrogen-bond donors (Lipinski definition) is 1. The molecule has 0 aliphatic rings. The average Bonchev–Trinajstić information content (AvgIpc) is 2.07. The van der Waals surface area contributed by atoms with Crippen LogP contribution in [-0.4, -0.2) is 0 Å². The van der Waals surface area contributed by atoms with Crippen LogP contribution in [0.15, 0.2) is 36.9 Å². The number of hydrogen-bond acceptors (Lipinski definition) is 1. The summed E-state index contributed by atoms with van der Waals surface area (Å²) in [5.41, 5.74) is 11.1. The number of nitrogen functional groups attached to an aromatic ring is 1. The van der Waals surface area contributed by atoms with Crippen molar-refractivity contribution in [1.29, 1.82) is 0 Å². The number of benzene rings is 1. The molecule has 0 bridgehead atoms. The van der Waals surface area contributed by atoms with E-state index in [9.17, 15) is 0 Å². The SMILES string of the molecule is C=C(C)Cc1ccc(N)cc1C(=C)C. The van der Waals surface area contributed by atoms with E-state index >= 15 is 0 Å². The Balaban J connectivity index is 3.14. The maximum absolute atomic E-state index is 5.73. The van der Waals surface area contributed by atoms with Crippen LogP contribution in [0.4, 0.5) is 5.69 Å². The summed E-state index contributed by atoms with van der Waals surface area (Å²) in [5.74, 6) is 0. The van der Waals surface area contributed by atoms with Gasteiger partial charge in [0.2, 0.25) is 0 Å². The lowest BCUT2D eigenvalue weighted by molar-refractivity contribution is 1.14. The van der Waals surface area contributed by atoms with Crippen LogP contribution in [0.5, 0.6) is 0 Å². The second-order valence-electron chi connectivity index (χ2n) is 3.83. The molecule has 0 fully saturated rings. The van der Waals surface area contributed by atoms with Crippen LogP contribution in [0.1, 0.15) is 25.0 Å². The van der Waals surface area contributed by atoms with E-state index in [4.69, 9.17) is 5.73 Å². The van der Waals surface area contributed by atoms with Crippen LogP contribution >= 0.6 is 0 Å². The molecule has 0 aliphatic heterocycles. The molecule has 0 atom stereocenters. The fourth-order valence-corrected chi connectivity index (χ4v) is 1.47. The first-order chi connectivity index (χ1) is 6.50. The third-order valence-corrected chi connectivity index (χ3v) is 2.09. The first kappa shape index (κ1) is 10.6. The molecule has 0 radical (unpaired) electrons. The fraction of sp³-hybridized carbons (Fsp3) is 0.231. The number of nitrogens with two attached hydrogens (primary N) is 1. The topological polar surface area (TPSA) is 26.0 Å². The lowest BCUT2D eigenvalue weighted by Crippen LogP contribution is -1.95. The van der Waals surface area contributed by atoms with E-state index < -0.39 is 0 Å². The normalized spacial score (nSPS) is 9.86. The second-order valence-corrected chi connectivity index (χ2v) is 3.83. The molecule has 1 nitrogen and oxygen atoms in total. The minimum Gasteiger partial charge on any atom is -0.399 e. The van der Waals surface area contributed by atoms with Crippen molar-refractivity contribution in [1.82, 2.24) is 0 Å². The first-order valence-electron chi connectivity index (χ1n) is 4.69. The second kappa shape index (κ2) is 4.14. The van der Waals surface area contributed by atoms with Gasteiger partial charge < -0.3 is 5.73 Å². The predicted octanol–water partition coefficient (Wildman–Crippen LogP) is 3.42. The minimum atomic E-state index is 0.786. The summed E-state index contributed by atoms with van der Waals surface area (Å²) in [6.45, 7) is 11.9. The number of allylic oxidation sites excluding steroid dienone is 2. The molecular formula is C13H17N. The molecule has 1 heteroatoms. The largest absolute Gasteiger partial charge is 0.399 e. The van der Waals surface area contributed by atoms with Crippen molar-refractivity contribution >= 4 is 11.3 Å². The van der Waals surface area contributed by atoms with Crippen molar-refractivity contribution in [2.24, 2.45) is 0 Å². The van der Waals surface area contributed by atoms with Crippen LogP contribution in [0.2, 0.25) is 0 Å². The van der Waals surface area contributed by atoms with Gasteiger partial charge in [-0.05, 0) is 43.5 Å². The Hall–Kier alpha value is -1.50. The smallest absolute Gasteiger partial charge is 0.0320 e. The molecule has 1 aromatic rings. The van der Waals surface area contributed by atoms with Gasteiger partial charge >= 0.3 is 0 Å². The summed E-state index contributed by atoms with van der Waals surface area (Å²) >= 11 is 0. The Morgan fingerprint density at radius 1 is 1.29 bits per heavy atom. The quantitative estimate of drug-likeness (QED) is 0.569. The Bertz CT molecular complexity index is 375. The lowest BCUT2D eigenvalue weighted by atomic mass is 9.96. The Kier molecular flexibility index (Phi) is 3.13. The molecule has 0 saturated carbocycles. The molecule has 1 aromatic carbocycles. The average molecular weight is 187 g/mol. The summed E-state index contributed by atoms with van der Waals surface area (Å²) < 4.78 is 0. The molecule has 0 aromatic heterocycles. The van der Waals surface area contributed by atoms with Gasteiger partial charge in [0, 0.05) is 5.69 Å². The Labute approximate surface area is 85.9 Å². The van der Waals surface area contributed by atoms with Gasteiger partial charge in [-0.1, -0.05) is 30.4 Å². The van der Waals surface area contributed by atoms with E-state index in [0.717, 1.165) is 28.8 Å². The third kappa shape index (κ3) is 2.49. The number of anilines is 1.